The first-order valence-electron chi connectivity index (χ1n) is 5.89. The van der Waals surface area contributed by atoms with E-state index in [1.807, 2.05) is 0 Å². The summed E-state index contributed by atoms with van der Waals surface area (Å²) in [6.45, 7) is 8.00. The number of rotatable bonds is 2. The van der Waals surface area contributed by atoms with Gasteiger partial charge in [-0.1, -0.05) is 19.1 Å². The summed E-state index contributed by atoms with van der Waals surface area (Å²) in [4.78, 5) is 0. The van der Waals surface area contributed by atoms with E-state index in [2.05, 4.69) is 50.4 Å². The molecule has 1 aromatic carbocycles. The Bertz CT molecular complexity index is 369. The Hall–Kier alpha value is -1.02. The summed E-state index contributed by atoms with van der Waals surface area (Å²) in [6.07, 6.45) is 1.19. The van der Waals surface area contributed by atoms with Crippen LogP contribution in [0, 0.1) is 0 Å². The van der Waals surface area contributed by atoms with E-state index in [-0.39, 0.29) is 11.0 Å². The minimum absolute atomic E-state index is 0.154. The maximum atomic E-state index is 5.20. The number of hydrogen-bond donors (Lipinski definition) is 1. The molecule has 1 heterocycles. The molecule has 1 fully saturated rings. The number of ether oxygens (including phenoxy) is 1. The van der Waals surface area contributed by atoms with Crippen molar-refractivity contribution in [2.75, 3.05) is 13.7 Å². The molecule has 0 saturated carbocycles. The third-order valence-corrected chi connectivity index (χ3v) is 4.30. The Morgan fingerprint density at radius 3 is 2.19 bits per heavy atom. The van der Waals surface area contributed by atoms with E-state index in [0.29, 0.717) is 0 Å². The molecular formula is C14H21NO. The van der Waals surface area contributed by atoms with Gasteiger partial charge in [-0.05, 0) is 44.5 Å². The topological polar surface area (TPSA) is 21.3 Å². The highest BCUT2D eigenvalue weighted by molar-refractivity contribution is 5.35. The molecule has 0 spiro atoms. The van der Waals surface area contributed by atoms with Gasteiger partial charge in [0, 0.05) is 11.0 Å². The summed E-state index contributed by atoms with van der Waals surface area (Å²) < 4.78 is 5.20. The van der Waals surface area contributed by atoms with Gasteiger partial charge in [-0.15, -0.1) is 0 Å². The zero-order valence-corrected chi connectivity index (χ0v) is 10.6. The molecule has 2 rings (SSSR count). The van der Waals surface area contributed by atoms with E-state index in [1.54, 1.807) is 7.11 Å². The first-order valence-corrected chi connectivity index (χ1v) is 5.89. The molecule has 2 heteroatoms. The van der Waals surface area contributed by atoms with Crippen LogP contribution in [0.1, 0.15) is 32.8 Å². The maximum absolute atomic E-state index is 5.20. The van der Waals surface area contributed by atoms with Crippen LogP contribution >= 0.6 is 0 Å². The molecule has 1 unspecified atom stereocenters. The van der Waals surface area contributed by atoms with Crippen LogP contribution in [-0.4, -0.2) is 19.2 Å². The quantitative estimate of drug-likeness (QED) is 0.825. The summed E-state index contributed by atoms with van der Waals surface area (Å²) in [5.41, 5.74) is 1.75. The molecule has 1 N–H and O–H groups in total. The molecule has 0 aliphatic carbocycles. The molecule has 2 nitrogen and oxygen atoms in total. The van der Waals surface area contributed by atoms with Gasteiger partial charge in [0.15, 0.2) is 0 Å². The Labute approximate surface area is 98.0 Å². The highest BCUT2D eigenvalue weighted by atomic mass is 16.5. The van der Waals surface area contributed by atoms with Crippen LogP contribution in [0.15, 0.2) is 24.3 Å². The fraction of sp³-hybridized carbons (Fsp3) is 0.571. The normalized spacial score (nSPS) is 28.0. The van der Waals surface area contributed by atoms with Crippen LogP contribution in [0.4, 0.5) is 0 Å². The summed E-state index contributed by atoms with van der Waals surface area (Å²) in [5.74, 6) is 0.927. The van der Waals surface area contributed by atoms with Crippen LogP contribution in [0.25, 0.3) is 0 Å². The van der Waals surface area contributed by atoms with Gasteiger partial charge in [0.05, 0.1) is 7.11 Å². The lowest BCUT2D eigenvalue weighted by molar-refractivity contribution is 0.297. The van der Waals surface area contributed by atoms with Crippen molar-refractivity contribution in [2.45, 2.75) is 38.1 Å². The number of benzene rings is 1. The van der Waals surface area contributed by atoms with Crippen molar-refractivity contribution < 1.29 is 4.74 Å². The molecule has 1 saturated heterocycles. The van der Waals surface area contributed by atoms with Gasteiger partial charge in [-0.3, -0.25) is 0 Å². The number of hydrogen-bond acceptors (Lipinski definition) is 2. The molecular weight excluding hydrogens is 198 g/mol. The van der Waals surface area contributed by atoms with Gasteiger partial charge in [0.2, 0.25) is 0 Å². The summed E-state index contributed by atoms with van der Waals surface area (Å²) >= 11 is 0. The second-order valence-corrected chi connectivity index (χ2v) is 5.36. The first kappa shape index (κ1) is 11.5. The zero-order valence-electron chi connectivity index (χ0n) is 10.6. The molecule has 0 bridgehead atoms. The van der Waals surface area contributed by atoms with Gasteiger partial charge in [-0.25, -0.2) is 0 Å². The van der Waals surface area contributed by atoms with Gasteiger partial charge < -0.3 is 10.1 Å². The van der Waals surface area contributed by atoms with Crippen molar-refractivity contribution in [3.63, 3.8) is 0 Å². The molecule has 0 radical (unpaired) electrons. The van der Waals surface area contributed by atoms with E-state index < -0.39 is 0 Å². The monoisotopic (exact) mass is 219 g/mol. The Morgan fingerprint density at radius 2 is 1.75 bits per heavy atom. The molecule has 1 aliphatic heterocycles. The van der Waals surface area contributed by atoms with E-state index in [1.165, 1.54) is 12.0 Å². The van der Waals surface area contributed by atoms with E-state index >= 15 is 0 Å². The van der Waals surface area contributed by atoms with Crippen molar-refractivity contribution in [1.82, 2.24) is 5.32 Å². The minimum atomic E-state index is 0.154. The SMILES string of the molecule is COc1ccc(C2(C)CCNC2(C)C)cc1. The van der Waals surface area contributed by atoms with Gasteiger partial charge in [0.25, 0.3) is 0 Å². The molecule has 1 aliphatic rings. The fourth-order valence-corrected chi connectivity index (χ4v) is 2.60. The second-order valence-electron chi connectivity index (χ2n) is 5.36. The lowest BCUT2D eigenvalue weighted by Gasteiger charge is -2.38. The van der Waals surface area contributed by atoms with Gasteiger partial charge >= 0.3 is 0 Å². The molecule has 1 aromatic rings. The van der Waals surface area contributed by atoms with E-state index in [0.717, 1.165) is 12.3 Å². The Balaban J connectivity index is 2.35. The number of methoxy groups -OCH3 is 1. The van der Waals surface area contributed by atoms with Crippen molar-refractivity contribution in [3.8, 4) is 5.75 Å². The summed E-state index contributed by atoms with van der Waals surface area (Å²) in [7, 11) is 1.71. The van der Waals surface area contributed by atoms with E-state index in [4.69, 9.17) is 4.74 Å². The highest BCUT2D eigenvalue weighted by Crippen LogP contribution is 2.42. The van der Waals surface area contributed by atoms with Gasteiger partial charge in [0.1, 0.15) is 5.75 Å². The maximum Gasteiger partial charge on any atom is 0.118 e. The van der Waals surface area contributed by atoms with Crippen LogP contribution in [0.2, 0.25) is 0 Å². The molecule has 0 aromatic heterocycles. The predicted molar refractivity (Wildman–Crippen MR) is 67.0 cm³/mol. The van der Waals surface area contributed by atoms with Crippen LogP contribution in [-0.2, 0) is 5.41 Å². The Morgan fingerprint density at radius 1 is 1.12 bits per heavy atom. The fourth-order valence-electron chi connectivity index (χ4n) is 2.60. The van der Waals surface area contributed by atoms with Crippen molar-refractivity contribution in [3.05, 3.63) is 29.8 Å². The molecule has 16 heavy (non-hydrogen) atoms. The largest absolute Gasteiger partial charge is 0.497 e. The van der Waals surface area contributed by atoms with Crippen LogP contribution < -0.4 is 10.1 Å². The van der Waals surface area contributed by atoms with Crippen LogP contribution in [0.5, 0.6) is 5.75 Å². The van der Waals surface area contributed by atoms with Crippen molar-refractivity contribution in [2.24, 2.45) is 0 Å². The summed E-state index contributed by atoms with van der Waals surface area (Å²) in [5, 5.41) is 3.58. The summed E-state index contributed by atoms with van der Waals surface area (Å²) in [6, 6.07) is 8.48. The predicted octanol–water partition coefficient (Wildman–Crippen LogP) is 2.72. The van der Waals surface area contributed by atoms with Crippen molar-refractivity contribution >= 4 is 0 Å². The van der Waals surface area contributed by atoms with Crippen molar-refractivity contribution in [1.29, 1.82) is 0 Å². The highest BCUT2D eigenvalue weighted by Gasteiger charge is 2.45. The standard InChI is InChI=1S/C14H21NO/c1-13(2)14(3,9-10-15-13)11-5-7-12(16-4)8-6-11/h5-8,15H,9-10H2,1-4H3. The Kier molecular flexibility index (Phi) is 2.70. The minimum Gasteiger partial charge on any atom is -0.497 e. The third kappa shape index (κ3) is 1.61. The number of nitrogens with one attached hydrogen (secondary N) is 1. The lowest BCUT2D eigenvalue weighted by atomic mass is 9.69. The smallest absolute Gasteiger partial charge is 0.118 e. The molecule has 1 atom stereocenters. The second kappa shape index (κ2) is 3.77. The van der Waals surface area contributed by atoms with E-state index in [9.17, 15) is 0 Å². The zero-order chi connectivity index (χ0) is 11.8. The average molecular weight is 219 g/mol. The average Bonchev–Trinajstić information content (AvgIpc) is 2.55. The third-order valence-electron chi connectivity index (χ3n) is 4.30. The van der Waals surface area contributed by atoms with Crippen LogP contribution in [0.3, 0.4) is 0 Å². The van der Waals surface area contributed by atoms with Gasteiger partial charge in [-0.2, -0.15) is 0 Å². The molecule has 0 amide bonds. The molecule has 88 valence electrons. The first-order chi connectivity index (χ1) is 7.49. The lowest BCUT2D eigenvalue weighted by Crippen LogP contribution is -2.47.